The van der Waals surface area contributed by atoms with E-state index in [1.807, 2.05) is 0 Å². The van der Waals surface area contributed by atoms with Crippen molar-refractivity contribution >= 4 is 23.9 Å². The second kappa shape index (κ2) is 6.18. The topological polar surface area (TPSA) is 86.7 Å². The molecule has 2 heterocycles. The van der Waals surface area contributed by atoms with Crippen LogP contribution in [0.2, 0.25) is 0 Å². The molecule has 120 valence electrons. The van der Waals surface area contributed by atoms with Gasteiger partial charge in [-0.1, -0.05) is 6.42 Å². The summed E-state index contributed by atoms with van der Waals surface area (Å²) in [6, 6.07) is 0. The van der Waals surface area contributed by atoms with Gasteiger partial charge in [-0.3, -0.25) is 19.2 Å². The summed E-state index contributed by atoms with van der Waals surface area (Å²) in [6.45, 7) is 0. The molecule has 0 spiro atoms. The number of esters is 4. The summed E-state index contributed by atoms with van der Waals surface area (Å²) >= 11 is 0. The maximum absolute atomic E-state index is 12.0. The van der Waals surface area contributed by atoms with Crippen molar-refractivity contribution in [3.63, 3.8) is 0 Å². The van der Waals surface area contributed by atoms with Crippen molar-refractivity contribution in [2.45, 2.75) is 51.4 Å². The van der Waals surface area contributed by atoms with Crippen LogP contribution >= 0.6 is 0 Å². The Morgan fingerprint density at radius 2 is 0.909 bits per heavy atom. The van der Waals surface area contributed by atoms with Gasteiger partial charge in [0.2, 0.25) is 0 Å². The summed E-state index contributed by atoms with van der Waals surface area (Å²) in [5.74, 6) is -3.02. The highest BCUT2D eigenvalue weighted by Gasteiger charge is 2.39. The van der Waals surface area contributed by atoms with Gasteiger partial charge in [-0.15, -0.1) is 0 Å². The summed E-state index contributed by atoms with van der Waals surface area (Å²) in [5.41, 5.74) is 0. The lowest BCUT2D eigenvalue weighted by Crippen LogP contribution is -2.35. The minimum Gasteiger partial charge on any atom is -0.393 e. The van der Waals surface area contributed by atoms with E-state index in [0.717, 1.165) is 0 Å². The standard InChI is InChI=1S/C16H20O6/c17-13-9-2-1-3-11-8-12(16(20)22-15(11)19)7-6-10(5-4-9)14(18)21-13/h9-12H,1-8H2. The number of carbonyl (C=O) groups is 4. The van der Waals surface area contributed by atoms with Gasteiger partial charge in [0.1, 0.15) is 0 Å². The molecule has 1 aliphatic carbocycles. The normalized spacial score (nSPS) is 36.7. The Kier molecular flexibility index (Phi) is 4.27. The van der Waals surface area contributed by atoms with Crippen molar-refractivity contribution < 1.29 is 28.7 Å². The minimum atomic E-state index is -0.478. The van der Waals surface area contributed by atoms with Gasteiger partial charge in [0.15, 0.2) is 0 Å². The maximum Gasteiger partial charge on any atom is 0.316 e. The molecule has 0 aromatic rings. The number of carbonyl (C=O) groups excluding carboxylic acids is 4. The number of rotatable bonds is 0. The molecule has 0 N–H and O–H groups in total. The second-order valence-corrected chi connectivity index (χ2v) is 6.59. The first-order valence-corrected chi connectivity index (χ1v) is 8.05. The fourth-order valence-corrected chi connectivity index (χ4v) is 3.71. The SMILES string of the molecule is O=C1OC(=O)C2CCC1CCCC1CC(CC2)C(=O)OC1=O. The van der Waals surface area contributed by atoms with E-state index in [2.05, 4.69) is 0 Å². The third kappa shape index (κ3) is 3.05. The van der Waals surface area contributed by atoms with Crippen molar-refractivity contribution in [3.05, 3.63) is 0 Å². The highest BCUT2D eigenvalue weighted by atomic mass is 16.6. The first kappa shape index (κ1) is 15.2. The van der Waals surface area contributed by atoms with E-state index < -0.39 is 23.9 Å². The molecule has 2 saturated heterocycles. The van der Waals surface area contributed by atoms with E-state index >= 15 is 0 Å². The molecule has 3 rings (SSSR count). The summed E-state index contributed by atoms with van der Waals surface area (Å²) in [4.78, 5) is 47.5. The highest BCUT2D eigenvalue weighted by Crippen LogP contribution is 2.35. The van der Waals surface area contributed by atoms with Gasteiger partial charge in [0.25, 0.3) is 0 Å². The molecule has 3 fully saturated rings. The van der Waals surface area contributed by atoms with Crippen molar-refractivity contribution in [2.75, 3.05) is 0 Å². The van der Waals surface area contributed by atoms with Crippen LogP contribution in [0.25, 0.3) is 0 Å². The van der Waals surface area contributed by atoms with Crippen LogP contribution in [0.15, 0.2) is 0 Å². The molecule has 0 radical (unpaired) electrons. The van der Waals surface area contributed by atoms with E-state index in [1.165, 1.54) is 0 Å². The molecule has 6 nitrogen and oxygen atoms in total. The first-order chi connectivity index (χ1) is 10.5. The molecule has 4 unspecified atom stereocenters. The molecular weight excluding hydrogens is 288 g/mol. The van der Waals surface area contributed by atoms with Crippen molar-refractivity contribution in [1.29, 1.82) is 0 Å². The lowest BCUT2D eigenvalue weighted by Gasteiger charge is -2.27. The molecule has 0 aromatic carbocycles. The van der Waals surface area contributed by atoms with E-state index in [-0.39, 0.29) is 23.7 Å². The number of ether oxygens (including phenoxy) is 2. The van der Waals surface area contributed by atoms with Gasteiger partial charge >= 0.3 is 23.9 Å². The Morgan fingerprint density at radius 3 is 1.50 bits per heavy atom. The van der Waals surface area contributed by atoms with Crippen molar-refractivity contribution in [2.24, 2.45) is 23.7 Å². The number of fused-ring (bicyclic) bond motifs is 5. The summed E-state index contributed by atoms with van der Waals surface area (Å²) in [6.07, 6.45) is 4.69. The molecule has 0 aromatic heterocycles. The first-order valence-electron chi connectivity index (χ1n) is 8.05. The highest BCUT2D eigenvalue weighted by molar-refractivity contribution is 5.91. The molecule has 22 heavy (non-hydrogen) atoms. The van der Waals surface area contributed by atoms with Crippen LogP contribution in [0.1, 0.15) is 51.4 Å². The molecule has 0 amide bonds. The molecule has 1 saturated carbocycles. The maximum atomic E-state index is 12.0. The third-order valence-electron chi connectivity index (χ3n) is 5.14. The van der Waals surface area contributed by atoms with Crippen LogP contribution in [0.3, 0.4) is 0 Å². The predicted molar refractivity (Wildman–Crippen MR) is 73.1 cm³/mol. The second-order valence-electron chi connectivity index (χ2n) is 6.59. The fourth-order valence-electron chi connectivity index (χ4n) is 3.71. The molecule has 6 heteroatoms. The zero-order valence-corrected chi connectivity index (χ0v) is 12.4. The summed E-state index contributed by atoms with van der Waals surface area (Å²) in [7, 11) is 0. The van der Waals surface area contributed by atoms with Crippen LogP contribution in [0.4, 0.5) is 0 Å². The van der Waals surface area contributed by atoms with Gasteiger partial charge in [0, 0.05) is 0 Å². The Morgan fingerprint density at radius 1 is 0.545 bits per heavy atom. The average Bonchev–Trinajstić information content (AvgIpc) is 2.58. The van der Waals surface area contributed by atoms with Crippen LogP contribution in [-0.4, -0.2) is 23.9 Å². The smallest absolute Gasteiger partial charge is 0.316 e. The summed E-state index contributed by atoms with van der Waals surface area (Å²) < 4.78 is 9.80. The lowest BCUT2D eigenvalue weighted by molar-refractivity contribution is -0.173. The monoisotopic (exact) mass is 308 g/mol. The van der Waals surface area contributed by atoms with E-state index in [9.17, 15) is 19.2 Å². The Labute approximate surface area is 128 Å². The zero-order chi connectivity index (χ0) is 15.7. The van der Waals surface area contributed by atoms with Crippen LogP contribution in [-0.2, 0) is 28.7 Å². The lowest BCUT2D eigenvalue weighted by atomic mass is 9.81. The van der Waals surface area contributed by atoms with Gasteiger partial charge < -0.3 is 9.47 Å². The average molecular weight is 308 g/mol. The number of cyclic esters (lactones) is 4. The molecular formula is C16H20O6. The third-order valence-corrected chi connectivity index (χ3v) is 5.14. The van der Waals surface area contributed by atoms with Gasteiger partial charge in [-0.05, 0) is 44.9 Å². The molecule has 4 atom stereocenters. The van der Waals surface area contributed by atoms with Crippen LogP contribution < -0.4 is 0 Å². The Hall–Kier alpha value is -1.72. The van der Waals surface area contributed by atoms with E-state index in [1.54, 1.807) is 0 Å². The fraction of sp³-hybridized carbons (Fsp3) is 0.750. The van der Waals surface area contributed by atoms with Crippen LogP contribution in [0, 0.1) is 23.7 Å². The van der Waals surface area contributed by atoms with Gasteiger partial charge in [-0.25, -0.2) is 0 Å². The van der Waals surface area contributed by atoms with Gasteiger partial charge in [-0.2, -0.15) is 0 Å². The molecule has 4 bridgehead atoms. The molecule has 3 aliphatic rings. The predicted octanol–water partition coefficient (Wildman–Crippen LogP) is 1.75. The zero-order valence-electron chi connectivity index (χ0n) is 12.4. The van der Waals surface area contributed by atoms with Gasteiger partial charge in [0.05, 0.1) is 23.7 Å². The van der Waals surface area contributed by atoms with Crippen molar-refractivity contribution in [1.82, 2.24) is 0 Å². The summed E-state index contributed by atoms with van der Waals surface area (Å²) in [5, 5.41) is 0. The number of hydrogen-bond acceptors (Lipinski definition) is 6. The van der Waals surface area contributed by atoms with E-state index in [0.29, 0.717) is 51.4 Å². The quantitative estimate of drug-likeness (QED) is 0.500. The van der Waals surface area contributed by atoms with Crippen LogP contribution in [0.5, 0.6) is 0 Å². The molecule has 2 aliphatic heterocycles. The minimum absolute atomic E-state index is 0.259. The Bertz CT molecular complexity index is 509. The van der Waals surface area contributed by atoms with E-state index in [4.69, 9.17) is 9.47 Å². The number of hydrogen-bond donors (Lipinski definition) is 0. The van der Waals surface area contributed by atoms with Crippen molar-refractivity contribution in [3.8, 4) is 0 Å². The largest absolute Gasteiger partial charge is 0.393 e. The Balaban J connectivity index is 1.79.